The van der Waals surface area contributed by atoms with E-state index in [1.165, 1.54) is 5.56 Å². The van der Waals surface area contributed by atoms with Crippen molar-refractivity contribution in [1.82, 2.24) is 10.3 Å². The average Bonchev–Trinajstić information content (AvgIpc) is 3.14. The van der Waals surface area contributed by atoms with Crippen molar-refractivity contribution in [3.63, 3.8) is 0 Å². The first-order valence-corrected chi connectivity index (χ1v) is 10.3. The first-order valence-electron chi connectivity index (χ1n) is 9.89. The molecule has 3 nitrogen and oxygen atoms in total. The predicted octanol–water partition coefficient (Wildman–Crippen LogP) is 5.26. The molecule has 0 spiro atoms. The van der Waals surface area contributed by atoms with Crippen LogP contribution in [-0.2, 0) is 6.42 Å². The van der Waals surface area contributed by atoms with Crippen LogP contribution in [0.4, 0.5) is 4.39 Å². The predicted molar refractivity (Wildman–Crippen MR) is 114 cm³/mol. The second kappa shape index (κ2) is 8.93. The van der Waals surface area contributed by atoms with Gasteiger partial charge in [-0.3, -0.25) is 0 Å². The Hall–Kier alpha value is -2.43. The van der Waals surface area contributed by atoms with Gasteiger partial charge in [0.25, 0.3) is 0 Å². The molecule has 5 heteroatoms. The molecule has 0 saturated carbocycles. The Morgan fingerprint density at radius 3 is 2.59 bits per heavy atom. The van der Waals surface area contributed by atoms with Gasteiger partial charge < -0.3 is 10.1 Å². The topological polar surface area (TPSA) is 34.1 Å². The van der Waals surface area contributed by atoms with Crippen LogP contribution < -0.4 is 10.1 Å². The number of hydrogen-bond donors (Lipinski definition) is 1. The van der Waals surface area contributed by atoms with Gasteiger partial charge in [-0.2, -0.15) is 0 Å². The van der Waals surface area contributed by atoms with Crippen LogP contribution in [0.1, 0.15) is 23.5 Å². The van der Waals surface area contributed by atoms with Crippen LogP contribution >= 0.6 is 11.6 Å². The lowest BCUT2D eigenvalue weighted by Crippen LogP contribution is -2.33. The van der Waals surface area contributed by atoms with Gasteiger partial charge in [0.2, 0.25) is 5.88 Å². The van der Waals surface area contributed by atoms with E-state index < -0.39 is 0 Å². The van der Waals surface area contributed by atoms with E-state index in [1.54, 1.807) is 30.5 Å². The normalized spacial score (nSPS) is 21.2. The summed E-state index contributed by atoms with van der Waals surface area (Å²) >= 11 is 5.91. The highest BCUT2D eigenvalue weighted by atomic mass is 35.5. The number of rotatable bonds is 7. The highest BCUT2D eigenvalue weighted by molar-refractivity contribution is 6.30. The van der Waals surface area contributed by atoms with Gasteiger partial charge in [0.05, 0.1) is 11.6 Å². The third kappa shape index (κ3) is 4.77. The SMILES string of the molecule is Fc1ccc([C@@H]2CNC[C@@]2(CCOc2ccc(Cl)cn2)Cc2ccccc2)cc1. The molecule has 1 fully saturated rings. The summed E-state index contributed by atoms with van der Waals surface area (Å²) in [5.41, 5.74) is 2.44. The molecular formula is C24H24ClFN2O. The van der Waals surface area contributed by atoms with Gasteiger partial charge in [-0.15, -0.1) is 0 Å². The summed E-state index contributed by atoms with van der Waals surface area (Å²) in [6, 6.07) is 21.0. The fraction of sp³-hybridized carbons (Fsp3) is 0.292. The summed E-state index contributed by atoms with van der Waals surface area (Å²) in [4.78, 5) is 4.22. The molecule has 150 valence electrons. The second-order valence-corrected chi connectivity index (χ2v) is 8.11. The van der Waals surface area contributed by atoms with Crippen molar-refractivity contribution in [2.75, 3.05) is 19.7 Å². The minimum Gasteiger partial charge on any atom is -0.478 e. The fourth-order valence-electron chi connectivity index (χ4n) is 4.32. The molecule has 2 atom stereocenters. The van der Waals surface area contributed by atoms with E-state index in [0.29, 0.717) is 17.5 Å². The molecule has 0 unspecified atom stereocenters. The van der Waals surface area contributed by atoms with E-state index in [0.717, 1.165) is 31.5 Å². The van der Waals surface area contributed by atoms with E-state index in [4.69, 9.17) is 16.3 Å². The van der Waals surface area contributed by atoms with Crippen LogP contribution in [0.15, 0.2) is 72.9 Å². The maximum atomic E-state index is 13.5. The number of benzene rings is 2. The van der Waals surface area contributed by atoms with Gasteiger partial charge in [-0.1, -0.05) is 54.1 Å². The summed E-state index contributed by atoms with van der Waals surface area (Å²) in [6.07, 6.45) is 3.39. The first-order chi connectivity index (χ1) is 14.1. The Morgan fingerprint density at radius 1 is 1.07 bits per heavy atom. The molecule has 1 aromatic heterocycles. The maximum absolute atomic E-state index is 13.5. The number of hydrogen-bond acceptors (Lipinski definition) is 3. The van der Waals surface area contributed by atoms with Crippen molar-refractivity contribution in [3.8, 4) is 5.88 Å². The molecule has 0 radical (unpaired) electrons. The number of nitrogens with zero attached hydrogens (tertiary/aromatic N) is 1. The summed E-state index contributed by atoms with van der Waals surface area (Å²) in [5.74, 6) is 0.657. The van der Waals surface area contributed by atoms with Crippen LogP contribution in [0, 0.1) is 11.2 Å². The smallest absolute Gasteiger partial charge is 0.213 e. The van der Waals surface area contributed by atoms with Crippen molar-refractivity contribution in [1.29, 1.82) is 0 Å². The summed E-state index contributed by atoms with van der Waals surface area (Å²) < 4.78 is 19.4. The molecule has 0 amide bonds. The van der Waals surface area contributed by atoms with Crippen molar-refractivity contribution in [3.05, 3.63) is 94.9 Å². The third-order valence-electron chi connectivity index (χ3n) is 5.79. The molecule has 2 aromatic carbocycles. The molecule has 3 aromatic rings. The zero-order valence-corrected chi connectivity index (χ0v) is 16.9. The summed E-state index contributed by atoms with van der Waals surface area (Å²) in [5, 5.41) is 4.16. The zero-order valence-electron chi connectivity index (χ0n) is 16.2. The van der Waals surface area contributed by atoms with Crippen LogP contribution in [0.5, 0.6) is 5.88 Å². The van der Waals surface area contributed by atoms with Crippen LogP contribution in [0.2, 0.25) is 5.02 Å². The first kappa shape index (κ1) is 19.9. The fourth-order valence-corrected chi connectivity index (χ4v) is 4.43. The number of pyridine rings is 1. The number of nitrogens with one attached hydrogen (secondary N) is 1. The Bertz CT molecular complexity index is 918. The molecule has 0 aliphatic carbocycles. The van der Waals surface area contributed by atoms with Gasteiger partial charge in [-0.05, 0) is 47.6 Å². The van der Waals surface area contributed by atoms with E-state index in [9.17, 15) is 4.39 Å². The molecular weight excluding hydrogens is 387 g/mol. The van der Waals surface area contributed by atoms with E-state index in [2.05, 4.69) is 34.6 Å². The Kier molecular flexibility index (Phi) is 6.12. The number of aromatic nitrogens is 1. The quantitative estimate of drug-likeness (QED) is 0.577. The number of ether oxygens (including phenoxy) is 1. The zero-order chi connectivity index (χ0) is 20.1. The second-order valence-electron chi connectivity index (χ2n) is 7.67. The molecule has 2 heterocycles. The highest BCUT2D eigenvalue weighted by Crippen LogP contribution is 2.44. The molecule has 1 aliphatic rings. The molecule has 29 heavy (non-hydrogen) atoms. The lowest BCUT2D eigenvalue weighted by atomic mass is 9.69. The minimum absolute atomic E-state index is 0.0222. The lowest BCUT2D eigenvalue weighted by molar-refractivity contribution is 0.187. The Morgan fingerprint density at radius 2 is 1.86 bits per heavy atom. The summed E-state index contributed by atoms with van der Waals surface area (Å²) in [6.45, 7) is 2.32. The van der Waals surface area contributed by atoms with E-state index in [1.807, 2.05) is 18.2 Å². The van der Waals surface area contributed by atoms with E-state index in [-0.39, 0.29) is 17.2 Å². The van der Waals surface area contributed by atoms with Crippen molar-refractivity contribution in [2.45, 2.75) is 18.8 Å². The standard InChI is InChI=1S/C24H24ClFN2O/c25-20-8-11-23(28-15-20)29-13-12-24(14-18-4-2-1-3-5-18)17-27-16-22(24)19-6-9-21(26)10-7-19/h1-11,15,22,27H,12-14,16-17H2/t22-,24+/m0/s1. The van der Waals surface area contributed by atoms with Gasteiger partial charge in [0.1, 0.15) is 5.82 Å². The van der Waals surface area contributed by atoms with Crippen molar-refractivity contribution < 1.29 is 9.13 Å². The maximum Gasteiger partial charge on any atom is 0.213 e. The molecule has 0 bridgehead atoms. The van der Waals surface area contributed by atoms with Crippen LogP contribution in [0.3, 0.4) is 0 Å². The molecule has 1 saturated heterocycles. The van der Waals surface area contributed by atoms with Crippen molar-refractivity contribution in [2.24, 2.45) is 5.41 Å². The van der Waals surface area contributed by atoms with Gasteiger partial charge in [-0.25, -0.2) is 9.37 Å². The lowest BCUT2D eigenvalue weighted by Gasteiger charge is -2.35. The van der Waals surface area contributed by atoms with Gasteiger partial charge in [0.15, 0.2) is 0 Å². The third-order valence-corrected chi connectivity index (χ3v) is 6.01. The Balaban J connectivity index is 1.56. The van der Waals surface area contributed by atoms with Crippen LogP contribution in [-0.4, -0.2) is 24.7 Å². The largest absolute Gasteiger partial charge is 0.478 e. The monoisotopic (exact) mass is 410 g/mol. The van der Waals surface area contributed by atoms with Gasteiger partial charge in [0, 0.05) is 31.3 Å². The molecule has 1 aliphatic heterocycles. The van der Waals surface area contributed by atoms with Gasteiger partial charge >= 0.3 is 0 Å². The number of halogens is 2. The summed E-state index contributed by atoms with van der Waals surface area (Å²) in [7, 11) is 0. The highest BCUT2D eigenvalue weighted by Gasteiger charge is 2.43. The van der Waals surface area contributed by atoms with E-state index >= 15 is 0 Å². The average molecular weight is 411 g/mol. The minimum atomic E-state index is -0.203. The van der Waals surface area contributed by atoms with Crippen LogP contribution in [0.25, 0.3) is 0 Å². The molecule has 1 N–H and O–H groups in total. The molecule has 4 rings (SSSR count). The van der Waals surface area contributed by atoms with Crippen molar-refractivity contribution >= 4 is 11.6 Å². The Labute approximate surface area is 175 Å².